The highest BCUT2D eigenvalue weighted by Gasteiger charge is 2.44. The molecule has 1 fully saturated rings. The van der Waals surface area contributed by atoms with Crippen LogP contribution < -0.4 is 10.3 Å². The average Bonchev–Trinajstić information content (AvgIpc) is 3.24. The number of hydrogen-bond acceptors (Lipinski definition) is 9. The normalized spacial score (nSPS) is 26.7. The maximum atomic E-state index is 13.4. The summed E-state index contributed by atoms with van der Waals surface area (Å²) in [6, 6.07) is -0.0197. The summed E-state index contributed by atoms with van der Waals surface area (Å²) in [6.07, 6.45) is 2.24. The van der Waals surface area contributed by atoms with E-state index in [0.29, 0.717) is 6.42 Å². The molecule has 0 radical (unpaired) electrons. The number of halogens is 1. The van der Waals surface area contributed by atoms with Crippen molar-refractivity contribution in [3.05, 3.63) is 35.0 Å². The zero-order chi connectivity index (χ0) is 17.6. The average molecular weight is 387 g/mol. The van der Waals surface area contributed by atoms with Gasteiger partial charge in [-0.2, -0.15) is 18.9 Å². The van der Waals surface area contributed by atoms with E-state index in [-0.39, 0.29) is 29.2 Å². The Kier molecular flexibility index (Phi) is 4.23. The molecule has 25 heavy (non-hydrogen) atoms. The van der Waals surface area contributed by atoms with Gasteiger partial charge < -0.3 is 13.0 Å². The Morgan fingerprint density at radius 1 is 1.52 bits per heavy atom. The monoisotopic (exact) mass is 387 g/mol. The summed E-state index contributed by atoms with van der Waals surface area (Å²) in [6.45, 7) is -0.109. The first kappa shape index (κ1) is 16.8. The second-order valence-electron chi connectivity index (χ2n) is 5.37. The zero-order valence-electron chi connectivity index (χ0n) is 12.9. The molecule has 4 heterocycles. The summed E-state index contributed by atoms with van der Waals surface area (Å²) in [5, 5.41) is 3.77. The number of rotatable bonds is 5. The van der Waals surface area contributed by atoms with Crippen LogP contribution in [-0.4, -0.2) is 59.5 Å². The van der Waals surface area contributed by atoms with Gasteiger partial charge in [-0.1, -0.05) is 0 Å². The van der Waals surface area contributed by atoms with E-state index >= 15 is 0 Å². The van der Waals surface area contributed by atoms with E-state index < -0.39 is 37.6 Å². The van der Waals surface area contributed by atoms with E-state index in [1.165, 1.54) is 17.2 Å². The minimum absolute atomic E-state index is 0.0197. The Bertz CT molecular complexity index is 894. The molecule has 11 nitrogen and oxygen atoms in total. The molecule has 1 saturated heterocycles. The van der Waals surface area contributed by atoms with Crippen molar-refractivity contribution >= 4 is 24.4 Å². The number of ether oxygens (including phenoxy) is 2. The molecule has 0 aliphatic carbocycles. The first-order chi connectivity index (χ1) is 12.0. The summed E-state index contributed by atoms with van der Waals surface area (Å²) in [7, 11) is -3.65. The van der Waals surface area contributed by atoms with E-state index in [4.69, 9.17) is 17.6 Å². The molecule has 2 aliphatic rings. The number of hydrogen-bond donors (Lipinski definition) is 0. The van der Waals surface area contributed by atoms with Crippen molar-refractivity contribution < 1.29 is 26.5 Å². The van der Waals surface area contributed by atoms with Gasteiger partial charge in [-0.25, -0.2) is 9.55 Å². The van der Waals surface area contributed by atoms with Crippen LogP contribution in [0.15, 0.2) is 23.6 Å². The first-order valence-electron chi connectivity index (χ1n) is 7.27. The van der Waals surface area contributed by atoms with Gasteiger partial charge in [0.05, 0.1) is 12.8 Å². The van der Waals surface area contributed by atoms with Gasteiger partial charge in [-0.3, -0.25) is 13.9 Å². The third-order valence-electron chi connectivity index (χ3n) is 3.91. The summed E-state index contributed by atoms with van der Waals surface area (Å²) >= 11 is 0.159. The van der Waals surface area contributed by atoms with Gasteiger partial charge in [-0.05, 0) is 0 Å². The van der Waals surface area contributed by atoms with E-state index in [1.54, 1.807) is 0 Å². The molecule has 2 aliphatic heterocycles. The molecular weight excluding hydrogens is 375 g/mol. The minimum Gasteiger partial charge on any atom is -0.458 e. The summed E-state index contributed by atoms with van der Waals surface area (Å²) in [5.74, 6) is -0.992. The lowest BCUT2D eigenvalue weighted by Crippen LogP contribution is -2.34. The maximum absolute atomic E-state index is 13.4. The van der Waals surface area contributed by atoms with Gasteiger partial charge in [0, 0.05) is 6.42 Å². The van der Waals surface area contributed by atoms with E-state index in [2.05, 4.69) is 15.1 Å². The standard InChI is InChI=1S/C11H11FN5O6P.Al.2H/c12-6-2-16-9-1-7(23-11(16)15-10(6)18)8(22-9)3-21-24(19,20)17-5-13-4-14-17;;;/h2,4-5,7-9H,1,3H2,(H,19,20);;;/q;+1;;/p-1. The van der Waals surface area contributed by atoms with Gasteiger partial charge in [0.1, 0.15) is 31.1 Å². The Balaban J connectivity index is 1.50. The van der Waals surface area contributed by atoms with Crippen LogP contribution >= 0.6 is 7.75 Å². The van der Waals surface area contributed by atoms with Crippen molar-refractivity contribution in [1.82, 2.24) is 24.1 Å². The fourth-order valence-corrected chi connectivity index (χ4v) is 4.60. The van der Waals surface area contributed by atoms with E-state index in [0.717, 1.165) is 10.6 Å². The maximum Gasteiger partial charge on any atom is 0.428 e. The van der Waals surface area contributed by atoms with Crippen LogP contribution in [0.25, 0.3) is 0 Å². The fraction of sp³-hybridized carbons (Fsp3) is 0.455. The van der Waals surface area contributed by atoms with Gasteiger partial charge in [-0.15, -0.1) is 0 Å². The lowest BCUT2D eigenvalue weighted by molar-refractivity contribution is -0.0215. The molecule has 2 bridgehead atoms. The first-order valence-corrected chi connectivity index (χ1v) is 9.58. The predicted molar refractivity (Wildman–Crippen MR) is 80.0 cm³/mol. The highest BCUT2D eigenvalue weighted by Crippen LogP contribution is 2.48. The molecule has 132 valence electrons. The molecule has 0 N–H and O–H groups in total. The largest absolute Gasteiger partial charge is 0.458 e. The van der Waals surface area contributed by atoms with Crippen LogP contribution in [0, 0.1) is 5.82 Å². The summed E-state index contributed by atoms with van der Waals surface area (Å²) < 4.78 is 50.3. The van der Waals surface area contributed by atoms with Crippen LogP contribution in [0.5, 0.6) is 6.01 Å². The molecule has 0 aromatic carbocycles. The highest BCUT2D eigenvalue weighted by atomic mass is 31.2. The number of fused-ring (bicyclic) bond motifs is 4. The van der Waals surface area contributed by atoms with E-state index in [9.17, 15) is 13.8 Å². The second-order valence-corrected chi connectivity index (χ2v) is 8.43. The van der Waals surface area contributed by atoms with Gasteiger partial charge in [0.15, 0.2) is 0 Å². The smallest absolute Gasteiger partial charge is 0.428 e. The lowest BCUT2D eigenvalue weighted by Gasteiger charge is -2.23. The van der Waals surface area contributed by atoms with Gasteiger partial charge in [0.2, 0.25) is 5.82 Å². The molecule has 14 heteroatoms. The second kappa shape index (κ2) is 6.28. The van der Waals surface area contributed by atoms with Crippen molar-refractivity contribution in [3.8, 4) is 6.01 Å². The van der Waals surface area contributed by atoms with Crippen molar-refractivity contribution in [1.29, 1.82) is 0 Å². The molecule has 2 aromatic rings. The Morgan fingerprint density at radius 3 is 3.08 bits per heavy atom. The van der Waals surface area contributed by atoms with Crippen molar-refractivity contribution in [2.24, 2.45) is 0 Å². The third-order valence-corrected chi connectivity index (χ3v) is 6.94. The third kappa shape index (κ3) is 2.93. The lowest BCUT2D eigenvalue weighted by atomic mass is 10.2. The van der Waals surface area contributed by atoms with Gasteiger partial charge in [0.25, 0.3) is 0 Å². The Hall–Kier alpha value is -1.61. The summed E-state index contributed by atoms with van der Waals surface area (Å²) in [5.41, 5.74) is -1.000. The molecule has 4 atom stereocenters. The van der Waals surface area contributed by atoms with Crippen LogP contribution in [0.1, 0.15) is 12.6 Å². The molecule has 0 amide bonds. The van der Waals surface area contributed by atoms with Crippen molar-refractivity contribution in [3.63, 3.8) is 0 Å². The summed E-state index contributed by atoms with van der Waals surface area (Å²) in [4.78, 5) is 18.6. The van der Waals surface area contributed by atoms with Crippen molar-refractivity contribution in [2.75, 3.05) is 6.61 Å². The minimum atomic E-state index is -3.65. The highest BCUT2D eigenvalue weighted by molar-refractivity contribution is 7.52. The zero-order valence-corrected chi connectivity index (χ0v) is 15.8. The predicted octanol–water partition coefficient (Wildman–Crippen LogP) is -0.740. The SMILES string of the molecule is O=c1nc2n(cc1F)C1CC(O2)C(COP(=O)([O][AlH2])n2cncn2)O1. The molecule has 4 unspecified atom stereocenters. The number of nitrogens with zero attached hydrogens (tertiary/aromatic N) is 5. The number of aromatic nitrogens is 5. The molecule has 0 saturated carbocycles. The van der Waals surface area contributed by atoms with Gasteiger partial charge >= 0.3 is 35.9 Å². The van der Waals surface area contributed by atoms with Crippen LogP contribution in [0.2, 0.25) is 0 Å². The Labute approximate surface area is 148 Å². The van der Waals surface area contributed by atoms with Crippen LogP contribution in [0.3, 0.4) is 0 Å². The van der Waals surface area contributed by atoms with E-state index in [1.807, 2.05) is 0 Å². The molecular formula is C11H12AlFN5O6P. The van der Waals surface area contributed by atoms with Crippen LogP contribution in [0.4, 0.5) is 4.39 Å². The molecule has 0 spiro atoms. The van der Waals surface area contributed by atoms with Crippen LogP contribution in [-0.2, 0) is 17.4 Å². The topological polar surface area (TPSA) is 120 Å². The quantitative estimate of drug-likeness (QED) is 0.483. The molecule has 2 aromatic heterocycles. The van der Waals surface area contributed by atoms with Crippen molar-refractivity contribution in [2.45, 2.75) is 24.9 Å². The Morgan fingerprint density at radius 2 is 2.36 bits per heavy atom. The fourth-order valence-electron chi connectivity index (χ4n) is 2.70. The molecule has 4 rings (SSSR count).